The van der Waals surface area contributed by atoms with Crippen LogP contribution in [-0.4, -0.2) is 9.13 Å². The van der Waals surface area contributed by atoms with Gasteiger partial charge in [0.25, 0.3) is 0 Å². The molecule has 0 saturated carbocycles. The normalized spacial score (nSPS) is 16.8. The molecule has 0 saturated heterocycles. The monoisotopic (exact) mass is 180 g/mol. The summed E-state index contributed by atoms with van der Waals surface area (Å²) >= 11 is 0. The van der Waals surface area contributed by atoms with Crippen LogP contribution in [0.25, 0.3) is 0 Å². The van der Waals surface area contributed by atoms with Crippen LogP contribution in [0.1, 0.15) is 30.7 Å². The zero-order valence-electron chi connectivity index (χ0n) is 8.34. The van der Waals surface area contributed by atoms with E-state index in [0.717, 1.165) is 12.8 Å². The molecule has 0 aromatic carbocycles. The lowest BCUT2D eigenvalue weighted by Crippen LogP contribution is -2.21. The molecule has 0 atom stereocenters. The lowest BCUT2D eigenvalue weighted by Gasteiger charge is -2.00. The van der Waals surface area contributed by atoms with Crippen LogP contribution in [0.4, 0.5) is 0 Å². The van der Waals surface area contributed by atoms with Crippen molar-refractivity contribution in [2.75, 3.05) is 0 Å². The number of imidazole rings is 1. The van der Waals surface area contributed by atoms with Crippen LogP contribution in [0.15, 0.2) is 4.79 Å². The topological polar surface area (TPSA) is 26.9 Å². The van der Waals surface area contributed by atoms with Crippen molar-refractivity contribution in [1.29, 1.82) is 0 Å². The van der Waals surface area contributed by atoms with Crippen molar-refractivity contribution in [3.8, 4) is 0 Å². The van der Waals surface area contributed by atoms with Gasteiger partial charge in [-0.2, -0.15) is 0 Å². The maximum Gasteiger partial charge on any atom is 0.328 e. The van der Waals surface area contributed by atoms with Crippen LogP contribution < -0.4 is 5.69 Å². The molecule has 1 aromatic rings. The van der Waals surface area contributed by atoms with Gasteiger partial charge in [0.2, 0.25) is 0 Å². The van der Waals surface area contributed by atoms with E-state index in [0.29, 0.717) is 0 Å². The van der Waals surface area contributed by atoms with Crippen molar-refractivity contribution in [2.24, 2.45) is 14.1 Å². The summed E-state index contributed by atoms with van der Waals surface area (Å²) in [7, 11) is 3.76. The highest BCUT2D eigenvalue weighted by Crippen LogP contribution is 2.18. The second-order valence-electron chi connectivity index (χ2n) is 3.85. The third kappa shape index (κ3) is 1.23. The van der Waals surface area contributed by atoms with E-state index in [1.807, 2.05) is 14.1 Å². The van der Waals surface area contributed by atoms with Crippen LogP contribution in [0, 0.1) is 0 Å². The number of rotatable bonds is 0. The summed E-state index contributed by atoms with van der Waals surface area (Å²) < 4.78 is 3.61. The number of hydrogen-bond acceptors (Lipinski definition) is 1. The molecule has 1 aromatic heterocycles. The summed E-state index contributed by atoms with van der Waals surface area (Å²) in [5.74, 6) is 0. The van der Waals surface area contributed by atoms with Crippen LogP contribution in [0.2, 0.25) is 0 Å². The molecule has 0 radical (unpaired) electrons. The standard InChI is InChI=1S/C10H16N2O/c1-11-8-6-4-3-5-7-9(8)12(2)10(11)13/h3-7H2,1-2H3. The average Bonchev–Trinajstić information content (AvgIpc) is 2.40. The van der Waals surface area contributed by atoms with Crippen LogP contribution in [0.3, 0.4) is 0 Å². The fraction of sp³-hybridized carbons (Fsp3) is 0.700. The van der Waals surface area contributed by atoms with Gasteiger partial charge in [0.15, 0.2) is 0 Å². The molecular weight excluding hydrogens is 164 g/mol. The molecule has 72 valence electrons. The number of fused-ring (bicyclic) bond motifs is 1. The number of nitrogens with zero attached hydrogens (tertiary/aromatic N) is 2. The van der Waals surface area contributed by atoms with Gasteiger partial charge < -0.3 is 0 Å². The van der Waals surface area contributed by atoms with Gasteiger partial charge >= 0.3 is 5.69 Å². The largest absolute Gasteiger partial charge is 0.328 e. The Morgan fingerprint density at radius 2 is 1.38 bits per heavy atom. The molecule has 0 unspecified atom stereocenters. The molecule has 1 heterocycles. The van der Waals surface area contributed by atoms with E-state index in [1.54, 1.807) is 9.13 Å². The molecule has 0 aliphatic heterocycles. The van der Waals surface area contributed by atoms with Gasteiger partial charge in [0.05, 0.1) is 0 Å². The minimum absolute atomic E-state index is 0.131. The molecule has 2 rings (SSSR count). The van der Waals surface area contributed by atoms with Crippen molar-refractivity contribution >= 4 is 0 Å². The van der Waals surface area contributed by atoms with Gasteiger partial charge in [-0.05, 0) is 25.7 Å². The second-order valence-corrected chi connectivity index (χ2v) is 3.85. The molecule has 3 nitrogen and oxygen atoms in total. The lowest BCUT2D eigenvalue weighted by molar-refractivity contribution is 0.659. The highest BCUT2D eigenvalue weighted by Gasteiger charge is 2.16. The third-order valence-electron chi connectivity index (χ3n) is 3.04. The molecule has 1 aliphatic carbocycles. The first kappa shape index (κ1) is 8.60. The van der Waals surface area contributed by atoms with E-state index in [-0.39, 0.29) is 5.69 Å². The van der Waals surface area contributed by atoms with E-state index in [9.17, 15) is 4.79 Å². The Kier molecular flexibility index (Phi) is 2.02. The Morgan fingerprint density at radius 1 is 0.923 bits per heavy atom. The molecule has 0 N–H and O–H groups in total. The summed E-state index contributed by atoms with van der Waals surface area (Å²) in [5, 5.41) is 0. The number of aromatic nitrogens is 2. The predicted molar refractivity (Wildman–Crippen MR) is 51.9 cm³/mol. The quantitative estimate of drug-likeness (QED) is 0.547. The zero-order chi connectivity index (χ0) is 9.42. The van der Waals surface area contributed by atoms with Crippen LogP contribution >= 0.6 is 0 Å². The molecule has 0 amide bonds. The lowest BCUT2D eigenvalue weighted by atomic mass is 10.2. The molecule has 13 heavy (non-hydrogen) atoms. The maximum atomic E-state index is 11.6. The summed E-state index contributed by atoms with van der Waals surface area (Å²) in [6.07, 6.45) is 5.89. The average molecular weight is 180 g/mol. The van der Waals surface area contributed by atoms with E-state index in [2.05, 4.69) is 0 Å². The Balaban J connectivity index is 2.59. The molecule has 3 heteroatoms. The minimum atomic E-state index is 0.131. The van der Waals surface area contributed by atoms with E-state index in [4.69, 9.17) is 0 Å². The SMILES string of the molecule is Cn1c2c(n(C)c1=O)CCCCC2. The molecule has 1 aliphatic rings. The summed E-state index contributed by atoms with van der Waals surface area (Å²) in [5.41, 5.74) is 2.64. The van der Waals surface area contributed by atoms with Gasteiger partial charge in [0, 0.05) is 25.5 Å². The van der Waals surface area contributed by atoms with Crippen LogP contribution in [0.5, 0.6) is 0 Å². The van der Waals surface area contributed by atoms with Crippen molar-refractivity contribution in [1.82, 2.24) is 9.13 Å². The molecular formula is C10H16N2O. The fourth-order valence-corrected chi connectivity index (χ4v) is 2.23. The minimum Gasteiger partial charge on any atom is -0.299 e. The first-order valence-corrected chi connectivity index (χ1v) is 4.95. The van der Waals surface area contributed by atoms with Gasteiger partial charge in [0.1, 0.15) is 0 Å². The van der Waals surface area contributed by atoms with Crippen molar-refractivity contribution in [2.45, 2.75) is 32.1 Å². The molecule has 0 spiro atoms. The van der Waals surface area contributed by atoms with Crippen molar-refractivity contribution in [3.63, 3.8) is 0 Å². The van der Waals surface area contributed by atoms with Gasteiger partial charge in [-0.15, -0.1) is 0 Å². The fourth-order valence-electron chi connectivity index (χ4n) is 2.23. The third-order valence-corrected chi connectivity index (χ3v) is 3.04. The molecule has 0 fully saturated rings. The molecule has 0 bridgehead atoms. The Morgan fingerprint density at radius 3 is 1.85 bits per heavy atom. The summed E-state index contributed by atoms with van der Waals surface area (Å²) in [6.45, 7) is 0. The first-order chi connectivity index (χ1) is 6.22. The maximum absolute atomic E-state index is 11.6. The second kappa shape index (κ2) is 3.05. The summed E-state index contributed by atoms with van der Waals surface area (Å²) in [4.78, 5) is 11.6. The predicted octanol–water partition coefficient (Wildman–Crippen LogP) is 0.993. The Labute approximate surface area is 78.0 Å². The van der Waals surface area contributed by atoms with Crippen molar-refractivity contribution in [3.05, 3.63) is 21.9 Å². The van der Waals surface area contributed by atoms with Crippen LogP contribution in [-0.2, 0) is 26.9 Å². The zero-order valence-corrected chi connectivity index (χ0v) is 8.34. The Hall–Kier alpha value is -0.990. The Bertz CT molecular complexity index is 341. The smallest absolute Gasteiger partial charge is 0.299 e. The summed E-state index contributed by atoms with van der Waals surface area (Å²) in [6, 6.07) is 0. The van der Waals surface area contributed by atoms with Gasteiger partial charge in [-0.25, -0.2) is 4.79 Å². The van der Waals surface area contributed by atoms with Gasteiger partial charge in [-0.1, -0.05) is 6.42 Å². The highest BCUT2D eigenvalue weighted by atomic mass is 16.1. The highest BCUT2D eigenvalue weighted by molar-refractivity contribution is 5.16. The van der Waals surface area contributed by atoms with Gasteiger partial charge in [-0.3, -0.25) is 9.13 Å². The van der Waals surface area contributed by atoms with E-state index < -0.39 is 0 Å². The van der Waals surface area contributed by atoms with E-state index in [1.165, 1.54) is 30.7 Å². The van der Waals surface area contributed by atoms with Crippen molar-refractivity contribution < 1.29 is 0 Å². The first-order valence-electron chi connectivity index (χ1n) is 4.95. The van der Waals surface area contributed by atoms with E-state index >= 15 is 0 Å². The number of hydrogen-bond donors (Lipinski definition) is 0.